The quantitative estimate of drug-likeness (QED) is 0.749. The third-order valence-electron chi connectivity index (χ3n) is 4.50. The van der Waals surface area contributed by atoms with Crippen molar-refractivity contribution in [1.82, 2.24) is 4.90 Å². The van der Waals surface area contributed by atoms with Crippen molar-refractivity contribution in [3.05, 3.63) is 0 Å². The summed E-state index contributed by atoms with van der Waals surface area (Å²) in [6.07, 6.45) is 6.48. The van der Waals surface area contributed by atoms with Crippen LogP contribution in [-0.2, 0) is 13.8 Å². The Balaban J connectivity index is 1.95. The number of rotatable bonds is 4. The van der Waals surface area contributed by atoms with Crippen LogP contribution < -0.4 is 0 Å². The van der Waals surface area contributed by atoms with Gasteiger partial charge >= 0.3 is 0 Å². The van der Waals surface area contributed by atoms with Crippen LogP contribution in [0.25, 0.3) is 0 Å². The number of halogens is 1. The summed E-state index contributed by atoms with van der Waals surface area (Å²) < 4.78 is 22.2. The lowest BCUT2D eigenvalue weighted by Gasteiger charge is -2.34. The van der Waals surface area contributed by atoms with Gasteiger partial charge in [-0.2, -0.15) is 0 Å². The molecule has 1 aliphatic carbocycles. The fraction of sp³-hybridized carbons (Fsp3) is 0.923. The SMILES string of the molecule is C[C@@H](C1CCCCC1)N1CC(CS(=O)(=O)Cl)CC1=O. The second kappa shape index (κ2) is 6.00. The lowest BCUT2D eigenvalue weighted by atomic mass is 9.84. The van der Waals surface area contributed by atoms with E-state index >= 15 is 0 Å². The zero-order valence-corrected chi connectivity index (χ0v) is 12.9. The summed E-state index contributed by atoms with van der Waals surface area (Å²) in [6.45, 7) is 2.65. The van der Waals surface area contributed by atoms with Crippen molar-refractivity contribution in [3.63, 3.8) is 0 Å². The maximum absolute atomic E-state index is 12.0. The zero-order valence-electron chi connectivity index (χ0n) is 11.3. The predicted molar refractivity (Wildman–Crippen MR) is 75.5 cm³/mol. The highest BCUT2D eigenvalue weighted by Crippen LogP contribution is 2.32. The minimum Gasteiger partial charge on any atom is -0.339 e. The smallest absolute Gasteiger partial charge is 0.232 e. The van der Waals surface area contributed by atoms with E-state index in [4.69, 9.17) is 10.7 Å². The zero-order chi connectivity index (χ0) is 14.0. The first-order chi connectivity index (χ1) is 8.87. The Bertz CT molecular complexity index is 431. The van der Waals surface area contributed by atoms with Crippen molar-refractivity contribution in [2.24, 2.45) is 11.8 Å². The number of carbonyl (C=O) groups is 1. The van der Waals surface area contributed by atoms with Crippen molar-refractivity contribution >= 4 is 25.6 Å². The molecule has 1 heterocycles. The summed E-state index contributed by atoms with van der Waals surface area (Å²) in [5.41, 5.74) is 0. The van der Waals surface area contributed by atoms with Crippen LogP contribution in [0.5, 0.6) is 0 Å². The molecule has 1 aliphatic heterocycles. The van der Waals surface area contributed by atoms with Gasteiger partial charge in [0, 0.05) is 35.6 Å². The Kier molecular flexibility index (Phi) is 4.77. The van der Waals surface area contributed by atoms with Gasteiger partial charge < -0.3 is 4.90 Å². The van der Waals surface area contributed by atoms with Gasteiger partial charge in [0.05, 0.1) is 5.75 Å². The van der Waals surface area contributed by atoms with Crippen molar-refractivity contribution < 1.29 is 13.2 Å². The molecular weight excluding hydrogens is 286 g/mol. The number of amides is 1. The molecule has 0 aromatic carbocycles. The second-order valence-corrected chi connectivity index (χ2v) is 8.78. The Morgan fingerprint density at radius 2 is 1.95 bits per heavy atom. The highest BCUT2D eigenvalue weighted by molar-refractivity contribution is 8.13. The molecule has 2 aliphatic rings. The van der Waals surface area contributed by atoms with Gasteiger partial charge in [-0.05, 0) is 25.7 Å². The van der Waals surface area contributed by atoms with Crippen LogP contribution in [0, 0.1) is 11.8 Å². The van der Waals surface area contributed by atoms with E-state index in [-0.39, 0.29) is 23.6 Å². The van der Waals surface area contributed by atoms with Crippen molar-refractivity contribution in [3.8, 4) is 0 Å². The van der Waals surface area contributed by atoms with Crippen LogP contribution in [0.1, 0.15) is 45.4 Å². The molecular formula is C13H22ClNO3S. The number of likely N-dealkylation sites (tertiary alicyclic amines) is 1. The van der Waals surface area contributed by atoms with E-state index < -0.39 is 9.05 Å². The van der Waals surface area contributed by atoms with Crippen LogP contribution in [0.2, 0.25) is 0 Å². The average molecular weight is 308 g/mol. The minimum absolute atomic E-state index is 0.0865. The van der Waals surface area contributed by atoms with E-state index in [9.17, 15) is 13.2 Å². The highest BCUT2D eigenvalue weighted by Gasteiger charge is 2.37. The Labute approximate surface area is 119 Å². The Morgan fingerprint density at radius 3 is 2.53 bits per heavy atom. The fourth-order valence-electron chi connectivity index (χ4n) is 3.47. The number of carbonyl (C=O) groups excluding carboxylic acids is 1. The van der Waals surface area contributed by atoms with Crippen molar-refractivity contribution in [2.75, 3.05) is 12.3 Å². The van der Waals surface area contributed by atoms with E-state index in [0.717, 1.165) is 0 Å². The number of hydrogen-bond acceptors (Lipinski definition) is 3. The summed E-state index contributed by atoms with van der Waals surface area (Å²) in [7, 11) is 1.77. The summed E-state index contributed by atoms with van der Waals surface area (Å²) >= 11 is 0. The first-order valence-electron chi connectivity index (χ1n) is 7.08. The molecule has 0 N–H and O–H groups in total. The van der Waals surface area contributed by atoms with E-state index in [1.807, 2.05) is 4.90 Å². The van der Waals surface area contributed by atoms with Crippen LogP contribution in [-0.4, -0.2) is 37.6 Å². The van der Waals surface area contributed by atoms with E-state index in [2.05, 4.69) is 6.92 Å². The van der Waals surface area contributed by atoms with Crippen molar-refractivity contribution in [2.45, 2.75) is 51.5 Å². The number of nitrogens with zero attached hydrogens (tertiary/aromatic N) is 1. The topological polar surface area (TPSA) is 54.5 Å². The van der Waals surface area contributed by atoms with Crippen molar-refractivity contribution in [1.29, 1.82) is 0 Å². The van der Waals surface area contributed by atoms with Gasteiger partial charge in [-0.1, -0.05) is 19.3 Å². The first-order valence-corrected chi connectivity index (χ1v) is 9.56. The molecule has 1 saturated heterocycles. The molecule has 110 valence electrons. The molecule has 2 rings (SSSR count). The molecule has 0 aromatic heterocycles. The molecule has 2 fully saturated rings. The average Bonchev–Trinajstić information content (AvgIpc) is 2.68. The molecule has 0 radical (unpaired) electrons. The number of hydrogen-bond donors (Lipinski definition) is 0. The van der Waals surface area contributed by atoms with Gasteiger partial charge in [0.2, 0.25) is 15.0 Å². The summed E-state index contributed by atoms with van der Waals surface area (Å²) in [5, 5.41) is 0. The lowest BCUT2D eigenvalue weighted by molar-refractivity contribution is -0.130. The molecule has 6 heteroatoms. The van der Waals surface area contributed by atoms with Gasteiger partial charge in [0.1, 0.15) is 0 Å². The first kappa shape index (κ1) is 15.1. The molecule has 1 amide bonds. The molecule has 0 spiro atoms. The Hall–Kier alpha value is -0.290. The fourth-order valence-corrected chi connectivity index (χ4v) is 4.79. The van der Waals surface area contributed by atoms with Crippen LogP contribution >= 0.6 is 10.7 Å². The maximum atomic E-state index is 12.0. The summed E-state index contributed by atoms with van der Waals surface area (Å²) in [5.74, 6) is 0.433. The van der Waals surface area contributed by atoms with E-state index in [1.54, 1.807) is 0 Å². The van der Waals surface area contributed by atoms with Crippen LogP contribution in [0.4, 0.5) is 0 Å². The molecule has 1 saturated carbocycles. The molecule has 2 atom stereocenters. The molecule has 0 bridgehead atoms. The molecule has 4 nitrogen and oxygen atoms in total. The normalized spacial score (nSPS) is 27.8. The van der Waals surface area contributed by atoms with Gasteiger partial charge in [0.25, 0.3) is 0 Å². The monoisotopic (exact) mass is 307 g/mol. The third kappa shape index (κ3) is 4.09. The molecule has 0 aromatic rings. The molecule has 1 unspecified atom stereocenters. The summed E-state index contributed by atoms with van der Waals surface area (Å²) in [4.78, 5) is 13.9. The largest absolute Gasteiger partial charge is 0.339 e. The van der Waals surface area contributed by atoms with E-state index in [0.29, 0.717) is 18.9 Å². The van der Waals surface area contributed by atoms with Crippen LogP contribution in [0.3, 0.4) is 0 Å². The van der Waals surface area contributed by atoms with E-state index in [1.165, 1.54) is 32.1 Å². The third-order valence-corrected chi connectivity index (χ3v) is 5.74. The predicted octanol–water partition coefficient (Wildman–Crippen LogP) is 2.37. The maximum Gasteiger partial charge on any atom is 0.232 e. The van der Waals surface area contributed by atoms with Gasteiger partial charge in [-0.3, -0.25) is 4.79 Å². The summed E-state index contributed by atoms with van der Waals surface area (Å²) in [6, 6.07) is 0.232. The van der Waals surface area contributed by atoms with Gasteiger partial charge in [-0.15, -0.1) is 0 Å². The molecule has 19 heavy (non-hydrogen) atoms. The second-order valence-electron chi connectivity index (χ2n) is 5.96. The Morgan fingerprint density at radius 1 is 1.32 bits per heavy atom. The highest BCUT2D eigenvalue weighted by atomic mass is 35.7. The lowest BCUT2D eigenvalue weighted by Crippen LogP contribution is -2.40. The van der Waals surface area contributed by atoms with Crippen LogP contribution in [0.15, 0.2) is 0 Å². The van der Waals surface area contributed by atoms with Gasteiger partial charge in [-0.25, -0.2) is 8.42 Å². The minimum atomic E-state index is -3.51. The standard InChI is InChI=1S/C13H22ClNO3S/c1-10(12-5-3-2-4-6-12)15-8-11(7-13(15)16)9-19(14,17)18/h10-12H,2-9H2,1H3/t10-,11?/m0/s1. The van der Waals surface area contributed by atoms with Gasteiger partial charge in [0.15, 0.2) is 0 Å².